The standard InChI is InChI=1S/C11H15F3N2O2S/c12-11(13,14)6-1-7-16-19(17,18)8-9-2-4-10(15)5-3-9/h2-5,16H,1,6-8,15H2. The lowest BCUT2D eigenvalue weighted by atomic mass is 10.2. The first-order chi connectivity index (χ1) is 8.68. The van der Waals surface area contributed by atoms with Crippen molar-refractivity contribution in [1.82, 2.24) is 4.72 Å². The van der Waals surface area contributed by atoms with Crippen LogP contribution in [-0.4, -0.2) is 21.1 Å². The summed E-state index contributed by atoms with van der Waals surface area (Å²) in [6.45, 7) is -0.225. The van der Waals surface area contributed by atoms with Gasteiger partial charge in [0.15, 0.2) is 0 Å². The quantitative estimate of drug-likeness (QED) is 0.623. The van der Waals surface area contributed by atoms with Crippen molar-refractivity contribution in [3.63, 3.8) is 0 Å². The molecule has 0 saturated heterocycles. The molecule has 1 rings (SSSR count). The SMILES string of the molecule is Nc1ccc(CS(=O)(=O)NCCCC(F)(F)F)cc1. The van der Waals surface area contributed by atoms with Gasteiger partial charge in [-0.05, 0) is 24.1 Å². The van der Waals surface area contributed by atoms with E-state index in [-0.39, 0.29) is 18.7 Å². The zero-order valence-electron chi connectivity index (χ0n) is 10.1. The largest absolute Gasteiger partial charge is 0.399 e. The summed E-state index contributed by atoms with van der Waals surface area (Å²) in [4.78, 5) is 0. The van der Waals surface area contributed by atoms with Gasteiger partial charge in [-0.15, -0.1) is 0 Å². The fourth-order valence-corrected chi connectivity index (χ4v) is 2.59. The van der Waals surface area contributed by atoms with Crippen LogP contribution in [0.1, 0.15) is 18.4 Å². The molecule has 0 aromatic heterocycles. The summed E-state index contributed by atoms with van der Waals surface area (Å²) >= 11 is 0. The van der Waals surface area contributed by atoms with E-state index in [0.29, 0.717) is 11.3 Å². The molecule has 0 atom stereocenters. The Balaban J connectivity index is 2.42. The van der Waals surface area contributed by atoms with Gasteiger partial charge in [0.2, 0.25) is 10.0 Å². The minimum atomic E-state index is -4.26. The normalized spacial score (nSPS) is 12.6. The number of alkyl halides is 3. The molecule has 3 N–H and O–H groups in total. The fraction of sp³-hybridized carbons (Fsp3) is 0.455. The number of benzene rings is 1. The first-order valence-electron chi connectivity index (χ1n) is 5.56. The highest BCUT2D eigenvalue weighted by molar-refractivity contribution is 7.88. The lowest BCUT2D eigenvalue weighted by Crippen LogP contribution is -2.27. The molecule has 8 heteroatoms. The smallest absolute Gasteiger partial charge is 0.389 e. The molecule has 0 saturated carbocycles. The Labute approximate surface area is 109 Å². The molecule has 4 nitrogen and oxygen atoms in total. The third-order valence-electron chi connectivity index (χ3n) is 2.30. The van der Waals surface area contributed by atoms with E-state index in [9.17, 15) is 21.6 Å². The van der Waals surface area contributed by atoms with Crippen LogP contribution in [0.3, 0.4) is 0 Å². The molecular weight excluding hydrogens is 281 g/mol. The molecule has 0 fully saturated rings. The van der Waals surface area contributed by atoms with Crippen LogP contribution in [0, 0.1) is 0 Å². The van der Waals surface area contributed by atoms with Gasteiger partial charge in [-0.25, -0.2) is 13.1 Å². The minimum Gasteiger partial charge on any atom is -0.399 e. The number of nitrogens with one attached hydrogen (secondary N) is 1. The molecule has 0 amide bonds. The number of hydrogen-bond donors (Lipinski definition) is 2. The van der Waals surface area contributed by atoms with Gasteiger partial charge in [-0.1, -0.05) is 12.1 Å². The van der Waals surface area contributed by atoms with Gasteiger partial charge >= 0.3 is 6.18 Å². The summed E-state index contributed by atoms with van der Waals surface area (Å²) in [7, 11) is -3.62. The van der Waals surface area contributed by atoms with Crippen LogP contribution < -0.4 is 10.5 Å². The molecular formula is C11H15F3N2O2S. The number of halogens is 3. The molecule has 0 aliphatic rings. The van der Waals surface area contributed by atoms with Gasteiger partial charge in [-0.2, -0.15) is 13.2 Å². The van der Waals surface area contributed by atoms with Crippen molar-refractivity contribution < 1.29 is 21.6 Å². The van der Waals surface area contributed by atoms with E-state index < -0.39 is 22.6 Å². The Morgan fingerprint density at radius 1 is 1.16 bits per heavy atom. The summed E-state index contributed by atoms with van der Waals surface area (Å²) in [6, 6.07) is 6.25. The summed E-state index contributed by atoms with van der Waals surface area (Å²) in [5.74, 6) is -0.278. The Morgan fingerprint density at radius 2 is 1.74 bits per heavy atom. The monoisotopic (exact) mass is 296 g/mol. The Kier molecular flexibility index (Phi) is 5.19. The summed E-state index contributed by atoms with van der Waals surface area (Å²) < 4.78 is 60.9. The van der Waals surface area contributed by atoms with Crippen molar-refractivity contribution in [2.24, 2.45) is 0 Å². The average molecular weight is 296 g/mol. The second-order valence-electron chi connectivity index (χ2n) is 4.11. The van der Waals surface area contributed by atoms with Crippen molar-refractivity contribution >= 4 is 15.7 Å². The van der Waals surface area contributed by atoms with Crippen LogP contribution in [0.15, 0.2) is 24.3 Å². The number of hydrogen-bond acceptors (Lipinski definition) is 3. The number of nitrogen functional groups attached to an aromatic ring is 1. The molecule has 1 aromatic rings. The Hall–Kier alpha value is -1.28. The summed E-state index contributed by atoms with van der Waals surface area (Å²) in [5, 5.41) is 0. The van der Waals surface area contributed by atoms with Crippen molar-refractivity contribution in [3.8, 4) is 0 Å². The minimum absolute atomic E-state index is 0.225. The highest BCUT2D eigenvalue weighted by atomic mass is 32.2. The van der Waals surface area contributed by atoms with E-state index in [1.165, 1.54) is 0 Å². The predicted octanol–water partition coefficient (Wildman–Crippen LogP) is 2.03. The lowest BCUT2D eigenvalue weighted by Gasteiger charge is -2.08. The number of sulfonamides is 1. The van der Waals surface area contributed by atoms with Crippen molar-refractivity contribution in [2.75, 3.05) is 12.3 Å². The van der Waals surface area contributed by atoms with E-state index >= 15 is 0 Å². The van der Waals surface area contributed by atoms with E-state index in [1.807, 2.05) is 0 Å². The maximum atomic E-state index is 11.9. The Bertz CT molecular complexity index is 498. The molecule has 19 heavy (non-hydrogen) atoms. The molecule has 108 valence electrons. The second kappa shape index (κ2) is 6.25. The van der Waals surface area contributed by atoms with Crippen molar-refractivity contribution in [3.05, 3.63) is 29.8 Å². The average Bonchev–Trinajstić information content (AvgIpc) is 2.26. The fourth-order valence-electron chi connectivity index (χ4n) is 1.40. The molecule has 0 unspecified atom stereocenters. The lowest BCUT2D eigenvalue weighted by molar-refractivity contribution is -0.135. The molecule has 0 aliphatic heterocycles. The van der Waals surface area contributed by atoms with Crippen LogP contribution in [0.4, 0.5) is 18.9 Å². The molecule has 0 heterocycles. The highest BCUT2D eigenvalue weighted by Gasteiger charge is 2.26. The van der Waals surface area contributed by atoms with Crippen LogP contribution in [0.2, 0.25) is 0 Å². The van der Waals surface area contributed by atoms with Gasteiger partial charge in [-0.3, -0.25) is 0 Å². The van der Waals surface area contributed by atoms with E-state index in [2.05, 4.69) is 4.72 Å². The van der Waals surface area contributed by atoms with Gasteiger partial charge in [0, 0.05) is 18.7 Å². The third kappa shape index (κ3) is 7.02. The zero-order chi connectivity index (χ0) is 14.5. The first-order valence-corrected chi connectivity index (χ1v) is 7.22. The van der Waals surface area contributed by atoms with E-state index in [0.717, 1.165) is 0 Å². The Morgan fingerprint density at radius 3 is 2.26 bits per heavy atom. The van der Waals surface area contributed by atoms with Crippen molar-refractivity contribution in [2.45, 2.75) is 24.8 Å². The van der Waals surface area contributed by atoms with Gasteiger partial charge in [0.05, 0.1) is 5.75 Å². The summed E-state index contributed by atoms with van der Waals surface area (Å²) in [5.41, 5.74) is 6.50. The maximum absolute atomic E-state index is 11.9. The van der Waals surface area contributed by atoms with Gasteiger partial charge in [0.1, 0.15) is 0 Å². The highest BCUT2D eigenvalue weighted by Crippen LogP contribution is 2.20. The van der Waals surface area contributed by atoms with Crippen LogP contribution in [-0.2, 0) is 15.8 Å². The number of rotatable bonds is 6. The first kappa shape index (κ1) is 15.8. The van der Waals surface area contributed by atoms with E-state index in [4.69, 9.17) is 5.73 Å². The third-order valence-corrected chi connectivity index (χ3v) is 3.65. The van der Waals surface area contributed by atoms with Crippen LogP contribution in [0.25, 0.3) is 0 Å². The predicted molar refractivity (Wildman–Crippen MR) is 66.8 cm³/mol. The maximum Gasteiger partial charge on any atom is 0.389 e. The van der Waals surface area contributed by atoms with Gasteiger partial charge < -0.3 is 5.73 Å². The zero-order valence-corrected chi connectivity index (χ0v) is 10.9. The molecule has 0 radical (unpaired) electrons. The van der Waals surface area contributed by atoms with Crippen LogP contribution >= 0.6 is 0 Å². The molecule has 1 aromatic carbocycles. The van der Waals surface area contributed by atoms with E-state index in [1.54, 1.807) is 24.3 Å². The summed E-state index contributed by atoms with van der Waals surface area (Å²) in [6.07, 6.45) is -5.54. The second-order valence-corrected chi connectivity index (χ2v) is 5.92. The number of anilines is 1. The molecule has 0 aliphatic carbocycles. The van der Waals surface area contributed by atoms with Crippen LogP contribution in [0.5, 0.6) is 0 Å². The molecule has 0 spiro atoms. The number of nitrogens with two attached hydrogens (primary N) is 1. The van der Waals surface area contributed by atoms with Gasteiger partial charge in [0.25, 0.3) is 0 Å². The van der Waals surface area contributed by atoms with Crippen molar-refractivity contribution in [1.29, 1.82) is 0 Å². The topological polar surface area (TPSA) is 72.2 Å². The molecule has 0 bridgehead atoms.